The van der Waals surface area contributed by atoms with Gasteiger partial charge in [0, 0.05) is 19.2 Å². The normalized spacial score (nSPS) is 16.6. The average Bonchev–Trinajstić information content (AvgIpc) is 3.30. The molecule has 1 N–H and O–H groups in total. The maximum Gasteiger partial charge on any atom is 0.185 e. The van der Waals surface area contributed by atoms with E-state index in [9.17, 15) is 4.39 Å². The summed E-state index contributed by atoms with van der Waals surface area (Å²) < 4.78 is 17.3. The first-order valence-electron chi connectivity index (χ1n) is 8.66. The molecule has 1 saturated heterocycles. The molecule has 1 aliphatic heterocycles. The minimum Gasteiger partial charge on any atom is -0.360 e. The average molecular weight is 359 g/mol. The lowest BCUT2D eigenvalue weighted by Gasteiger charge is -2.28. The van der Waals surface area contributed by atoms with Crippen molar-refractivity contribution in [2.45, 2.75) is 25.8 Å². The van der Waals surface area contributed by atoms with Gasteiger partial charge in [-0.05, 0) is 38.9 Å². The van der Waals surface area contributed by atoms with Crippen LogP contribution in [-0.4, -0.2) is 39.3 Å². The van der Waals surface area contributed by atoms with Gasteiger partial charge in [-0.25, -0.2) is 14.1 Å². The van der Waals surface area contributed by atoms with Crippen molar-refractivity contribution >= 4 is 26.8 Å². The summed E-state index contributed by atoms with van der Waals surface area (Å²) in [4.78, 5) is 7.01. The van der Waals surface area contributed by atoms with E-state index < -0.39 is 0 Å². The molecule has 25 heavy (non-hydrogen) atoms. The number of hydrogen-bond donors (Lipinski definition) is 1. The zero-order valence-corrected chi connectivity index (χ0v) is 15.3. The van der Waals surface area contributed by atoms with Crippen LogP contribution in [0.4, 0.5) is 9.52 Å². The molecule has 0 bridgehead atoms. The molecule has 0 radical (unpaired) electrons. The highest BCUT2D eigenvalue weighted by Crippen LogP contribution is 2.31. The van der Waals surface area contributed by atoms with Crippen molar-refractivity contribution in [1.82, 2.24) is 19.7 Å². The molecule has 3 heterocycles. The van der Waals surface area contributed by atoms with E-state index in [0.29, 0.717) is 6.54 Å². The van der Waals surface area contributed by atoms with Crippen molar-refractivity contribution in [3.05, 3.63) is 41.3 Å². The fourth-order valence-corrected chi connectivity index (χ4v) is 4.52. The van der Waals surface area contributed by atoms with E-state index in [1.807, 2.05) is 26.1 Å². The summed E-state index contributed by atoms with van der Waals surface area (Å²) in [6.07, 6.45) is 2.36. The molecular formula is C18H22FN5S. The second kappa shape index (κ2) is 6.72. The van der Waals surface area contributed by atoms with E-state index in [1.54, 1.807) is 28.2 Å². The topological polar surface area (TPSA) is 46.0 Å². The minimum absolute atomic E-state index is 0.0231. The predicted octanol–water partition coefficient (Wildman–Crippen LogP) is 3.73. The molecule has 1 atom stereocenters. The summed E-state index contributed by atoms with van der Waals surface area (Å²) >= 11 is 1.61. The highest BCUT2D eigenvalue weighted by atomic mass is 32.1. The van der Waals surface area contributed by atoms with Crippen LogP contribution in [0.2, 0.25) is 0 Å². The first-order chi connectivity index (χ1) is 12.1. The highest BCUT2D eigenvalue weighted by molar-refractivity contribution is 7.22. The van der Waals surface area contributed by atoms with Gasteiger partial charge in [0.15, 0.2) is 10.8 Å². The lowest BCUT2D eigenvalue weighted by molar-refractivity contribution is 0.250. The van der Waals surface area contributed by atoms with Gasteiger partial charge in [0.25, 0.3) is 0 Å². The maximum atomic E-state index is 14.4. The number of halogens is 1. The Morgan fingerprint density at radius 2 is 2.04 bits per heavy atom. The quantitative estimate of drug-likeness (QED) is 0.754. The second-order valence-electron chi connectivity index (χ2n) is 6.54. The minimum atomic E-state index is -0.134. The second-order valence-corrected chi connectivity index (χ2v) is 7.54. The van der Waals surface area contributed by atoms with Crippen molar-refractivity contribution in [3.63, 3.8) is 0 Å². The molecule has 132 valence electrons. The Labute approximate surface area is 150 Å². The largest absolute Gasteiger partial charge is 0.360 e. The van der Waals surface area contributed by atoms with Gasteiger partial charge in [0.05, 0.1) is 16.4 Å². The molecule has 0 amide bonds. The van der Waals surface area contributed by atoms with Gasteiger partial charge in [-0.1, -0.05) is 29.5 Å². The summed E-state index contributed by atoms with van der Waals surface area (Å²) in [6, 6.07) is 7.12. The van der Waals surface area contributed by atoms with Crippen molar-refractivity contribution in [1.29, 1.82) is 0 Å². The summed E-state index contributed by atoms with van der Waals surface area (Å²) in [6.45, 7) is 4.68. The van der Waals surface area contributed by atoms with Crippen molar-refractivity contribution < 1.29 is 4.39 Å². The van der Waals surface area contributed by atoms with Crippen molar-refractivity contribution in [2.75, 3.05) is 25.0 Å². The first-order valence-corrected chi connectivity index (χ1v) is 9.47. The van der Waals surface area contributed by atoms with Crippen LogP contribution in [-0.2, 0) is 7.05 Å². The van der Waals surface area contributed by atoms with E-state index in [0.717, 1.165) is 39.8 Å². The summed E-state index contributed by atoms with van der Waals surface area (Å²) in [5.74, 6) is -0.134. The maximum absolute atomic E-state index is 14.4. The van der Waals surface area contributed by atoms with Crippen LogP contribution in [0.25, 0.3) is 10.3 Å². The molecule has 5 nitrogen and oxygen atoms in total. The zero-order valence-electron chi connectivity index (χ0n) is 14.5. The Balaban J connectivity index is 1.57. The number of benzene rings is 1. The number of nitrogens with zero attached hydrogens (tertiary/aromatic N) is 4. The molecule has 7 heteroatoms. The summed E-state index contributed by atoms with van der Waals surface area (Å²) in [5.41, 5.74) is 2.65. The molecule has 1 aliphatic rings. The number of aromatic nitrogens is 3. The third kappa shape index (κ3) is 3.14. The standard InChI is InChI=1S/C18H22FN5S/c1-12-16-17(23(2)22-12)21-18(25-16)20-11-15(24-9-5-6-10-24)13-7-3-4-8-14(13)19/h3-4,7-8,15H,5-6,9-11H2,1-2H3,(H,20,21)/t15-/m1/s1. The Morgan fingerprint density at radius 1 is 1.28 bits per heavy atom. The molecular weight excluding hydrogens is 337 g/mol. The molecule has 1 aromatic carbocycles. The molecule has 3 aromatic rings. The van der Waals surface area contributed by atoms with Gasteiger partial charge in [0.1, 0.15) is 5.82 Å². The van der Waals surface area contributed by atoms with E-state index in [-0.39, 0.29) is 11.9 Å². The zero-order chi connectivity index (χ0) is 17.4. The van der Waals surface area contributed by atoms with Gasteiger partial charge in [0.2, 0.25) is 0 Å². The monoisotopic (exact) mass is 359 g/mol. The van der Waals surface area contributed by atoms with Crippen LogP contribution in [0.3, 0.4) is 0 Å². The van der Waals surface area contributed by atoms with Crippen molar-refractivity contribution in [2.24, 2.45) is 7.05 Å². The van der Waals surface area contributed by atoms with Crippen LogP contribution < -0.4 is 5.32 Å². The van der Waals surface area contributed by atoms with Gasteiger partial charge < -0.3 is 5.32 Å². The molecule has 2 aromatic heterocycles. The first kappa shape index (κ1) is 16.5. The molecule has 4 rings (SSSR count). The van der Waals surface area contributed by atoms with Crippen LogP contribution in [0.5, 0.6) is 0 Å². The Hall–Kier alpha value is -1.99. The van der Waals surface area contributed by atoms with Crippen molar-refractivity contribution in [3.8, 4) is 0 Å². The Morgan fingerprint density at radius 3 is 2.76 bits per heavy atom. The van der Waals surface area contributed by atoms with E-state index in [1.165, 1.54) is 12.8 Å². The lowest BCUT2D eigenvalue weighted by Crippen LogP contribution is -2.31. The molecule has 0 aliphatic carbocycles. The molecule has 1 fully saturated rings. The third-order valence-corrected chi connectivity index (χ3v) is 5.95. The number of aryl methyl sites for hydroxylation is 2. The fourth-order valence-electron chi connectivity index (χ4n) is 3.58. The highest BCUT2D eigenvalue weighted by Gasteiger charge is 2.26. The number of rotatable bonds is 5. The van der Waals surface area contributed by atoms with Gasteiger partial charge in [-0.15, -0.1) is 0 Å². The fraction of sp³-hybridized carbons (Fsp3) is 0.444. The number of fused-ring (bicyclic) bond motifs is 1. The van der Waals surface area contributed by atoms with Crippen LogP contribution >= 0.6 is 11.3 Å². The SMILES string of the molecule is Cc1nn(C)c2nc(NC[C@H](c3ccccc3F)N3CCCC3)sc12. The number of thiazole rings is 1. The van der Waals surface area contributed by atoms with Gasteiger partial charge >= 0.3 is 0 Å². The summed E-state index contributed by atoms with van der Waals surface area (Å²) in [5, 5.41) is 8.69. The van der Waals surface area contributed by atoms with Crippen LogP contribution in [0.1, 0.15) is 30.1 Å². The lowest BCUT2D eigenvalue weighted by atomic mass is 10.0. The van der Waals surface area contributed by atoms with Gasteiger partial charge in [-0.3, -0.25) is 4.90 Å². The molecule has 0 spiro atoms. The Bertz CT molecular complexity index is 846. The van der Waals surface area contributed by atoms with Gasteiger partial charge in [-0.2, -0.15) is 5.10 Å². The van der Waals surface area contributed by atoms with E-state index in [2.05, 4.69) is 20.3 Å². The number of hydrogen-bond acceptors (Lipinski definition) is 5. The third-order valence-electron chi connectivity index (χ3n) is 4.84. The Kier molecular flexibility index (Phi) is 4.43. The molecule has 0 saturated carbocycles. The molecule has 0 unspecified atom stereocenters. The van der Waals surface area contributed by atoms with Crippen LogP contribution in [0, 0.1) is 12.7 Å². The van der Waals surface area contributed by atoms with E-state index >= 15 is 0 Å². The number of nitrogens with one attached hydrogen (secondary N) is 1. The summed E-state index contributed by atoms with van der Waals surface area (Å²) in [7, 11) is 1.91. The number of anilines is 1. The van der Waals surface area contributed by atoms with Crippen LogP contribution in [0.15, 0.2) is 24.3 Å². The predicted molar refractivity (Wildman–Crippen MR) is 99.6 cm³/mol. The van der Waals surface area contributed by atoms with E-state index in [4.69, 9.17) is 0 Å². The smallest absolute Gasteiger partial charge is 0.185 e. The number of likely N-dealkylation sites (tertiary alicyclic amines) is 1.